The fourth-order valence-electron chi connectivity index (χ4n) is 2.09. The number of anilines is 2. The predicted molar refractivity (Wildman–Crippen MR) is 88.6 cm³/mol. The summed E-state index contributed by atoms with van der Waals surface area (Å²) >= 11 is 0. The molecule has 0 fully saturated rings. The van der Waals surface area contributed by atoms with Crippen LogP contribution in [0.4, 0.5) is 11.5 Å². The lowest BCUT2D eigenvalue weighted by atomic mass is 10.1. The van der Waals surface area contributed by atoms with Crippen LogP contribution in [0.2, 0.25) is 0 Å². The topological polar surface area (TPSA) is 66.9 Å². The molecule has 1 amide bonds. The molecule has 0 aliphatic carbocycles. The van der Waals surface area contributed by atoms with E-state index < -0.39 is 0 Å². The van der Waals surface area contributed by atoms with E-state index in [1.165, 1.54) is 5.56 Å². The van der Waals surface area contributed by atoms with Crippen molar-refractivity contribution in [1.29, 1.82) is 0 Å². The number of benzene rings is 1. The van der Waals surface area contributed by atoms with E-state index in [9.17, 15) is 4.79 Å². The highest BCUT2D eigenvalue weighted by atomic mass is 16.1. The Morgan fingerprint density at radius 1 is 1.14 bits per heavy atom. The van der Waals surface area contributed by atoms with Gasteiger partial charge in [0.1, 0.15) is 17.3 Å². The largest absolute Gasteiger partial charge is 0.351 e. The maximum absolute atomic E-state index is 12.1. The lowest BCUT2D eigenvalue weighted by molar-refractivity contribution is 0.0948. The van der Waals surface area contributed by atoms with Gasteiger partial charge in [-0.1, -0.05) is 19.1 Å². The van der Waals surface area contributed by atoms with Crippen molar-refractivity contribution in [2.75, 3.05) is 11.9 Å². The number of carbonyl (C=O) groups excluding carboxylic acids is 1. The molecule has 1 heterocycles. The summed E-state index contributed by atoms with van der Waals surface area (Å²) in [6, 6.07) is 7.86. The quantitative estimate of drug-likeness (QED) is 0.889. The highest BCUT2D eigenvalue weighted by Gasteiger charge is 2.10. The van der Waals surface area contributed by atoms with E-state index in [0.29, 0.717) is 23.9 Å². The van der Waals surface area contributed by atoms with Crippen molar-refractivity contribution >= 4 is 17.4 Å². The molecular formula is C17H22N4O. The molecule has 0 bridgehead atoms. The Bertz CT molecular complexity index is 682. The maximum Gasteiger partial charge on any atom is 0.270 e. The summed E-state index contributed by atoms with van der Waals surface area (Å²) in [4.78, 5) is 20.6. The molecule has 1 aromatic heterocycles. The van der Waals surface area contributed by atoms with Gasteiger partial charge < -0.3 is 10.6 Å². The third-order valence-corrected chi connectivity index (χ3v) is 3.26. The third-order valence-electron chi connectivity index (χ3n) is 3.26. The number of nitrogens with zero attached hydrogens (tertiary/aromatic N) is 2. The van der Waals surface area contributed by atoms with Gasteiger partial charge in [0.15, 0.2) is 0 Å². The summed E-state index contributed by atoms with van der Waals surface area (Å²) in [5.41, 5.74) is 3.66. The minimum absolute atomic E-state index is 0.170. The molecule has 0 saturated carbocycles. The van der Waals surface area contributed by atoms with E-state index in [1.807, 2.05) is 20.8 Å². The molecule has 0 aliphatic heterocycles. The lowest BCUT2D eigenvalue weighted by Gasteiger charge is -2.11. The monoisotopic (exact) mass is 298 g/mol. The highest BCUT2D eigenvalue weighted by Crippen LogP contribution is 2.21. The van der Waals surface area contributed by atoms with Crippen LogP contribution in [0.3, 0.4) is 0 Å². The standard InChI is InChI=1S/C17H22N4O/c1-5-8-18-17(22)15-10-16(20-13(4)19-15)21-14-9-11(2)6-7-12(14)3/h6-7,9-10H,5,8H2,1-4H3,(H,18,22)(H,19,20,21). The zero-order chi connectivity index (χ0) is 16.1. The molecule has 0 spiro atoms. The van der Waals surface area contributed by atoms with Gasteiger partial charge in [-0.05, 0) is 44.4 Å². The molecular weight excluding hydrogens is 276 g/mol. The predicted octanol–water partition coefficient (Wildman–Crippen LogP) is 3.29. The molecule has 0 radical (unpaired) electrons. The lowest BCUT2D eigenvalue weighted by Crippen LogP contribution is -2.25. The van der Waals surface area contributed by atoms with E-state index in [1.54, 1.807) is 13.0 Å². The van der Waals surface area contributed by atoms with E-state index in [4.69, 9.17) is 0 Å². The second-order valence-corrected chi connectivity index (χ2v) is 5.38. The molecule has 2 rings (SSSR count). The van der Waals surface area contributed by atoms with Crippen LogP contribution in [0.1, 0.15) is 40.8 Å². The smallest absolute Gasteiger partial charge is 0.270 e. The van der Waals surface area contributed by atoms with Crippen molar-refractivity contribution in [3.05, 3.63) is 46.9 Å². The summed E-state index contributed by atoms with van der Waals surface area (Å²) in [5, 5.41) is 6.10. The number of aromatic nitrogens is 2. The molecule has 0 aliphatic rings. The number of hydrogen-bond donors (Lipinski definition) is 2. The van der Waals surface area contributed by atoms with Gasteiger partial charge in [-0.25, -0.2) is 9.97 Å². The van der Waals surface area contributed by atoms with E-state index in [0.717, 1.165) is 17.7 Å². The molecule has 0 unspecified atom stereocenters. The van der Waals surface area contributed by atoms with Gasteiger partial charge in [-0.3, -0.25) is 4.79 Å². The zero-order valence-electron chi connectivity index (χ0n) is 13.5. The van der Waals surface area contributed by atoms with Crippen molar-refractivity contribution in [3.63, 3.8) is 0 Å². The first-order valence-electron chi connectivity index (χ1n) is 7.47. The molecule has 0 saturated heterocycles. The highest BCUT2D eigenvalue weighted by molar-refractivity contribution is 5.93. The third kappa shape index (κ3) is 4.04. The van der Waals surface area contributed by atoms with Gasteiger partial charge in [0.2, 0.25) is 0 Å². The van der Waals surface area contributed by atoms with Crippen molar-refractivity contribution < 1.29 is 4.79 Å². The van der Waals surface area contributed by atoms with Gasteiger partial charge >= 0.3 is 0 Å². The van der Waals surface area contributed by atoms with Crippen LogP contribution in [-0.4, -0.2) is 22.4 Å². The Morgan fingerprint density at radius 2 is 1.91 bits per heavy atom. The van der Waals surface area contributed by atoms with Crippen LogP contribution in [0.25, 0.3) is 0 Å². The minimum Gasteiger partial charge on any atom is -0.351 e. The minimum atomic E-state index is -0.170. The molecule has 5 nitrogen and oxygen atoms in total. The number of nitrogens with one attached hydrogen (secondary N) is 2. The summed E-state index contributed by atoms with van der Waals surface area (Å²) in [7, 11) is 0. The van der Waals surface area contributed by atoms with E-state index in [-0.39, 0.29) is 5.91 Å². The van der Waals surface area contributed by atoms with E-state index >= 15 is 0 Å². The molecule has 5 heteroatoms. The van der Waals surface area contributed by atoms with Crippen molar-refractivity contribution in [1.82, 2.24) is 15.3 Å². The Hall–Kier alpha value is -2.43. The van der Waals surface area contributed by atoms with Gasteiger partial charge in [0.05, 0.1) is 0 Å². The van der Waals surface area contributed by atoms with Gasteiger partial charge in [0.25, 0.3) is 5.91 Å². The number of aryl methyl sites for hydroxylation is 3. The fraction of sp³-hybridized carbons (Fsp3) is 0.353. The first kappa shape index (κ1) is 15.9. The average Bonchev–Trinajstić information content (AvgIpc) is 2.48. The Kier molecular flexibility index (Phi) is 5.09. The van der Waals surface area contributed by atoms with Crippen LogP contribution in [0, 0.1) is 20.8 Å². The average molecular weight is 298 g/mol. The van der Waals surface area contributed by atoms with Gasteiger partial charge in [0, 0.05) is 18.3 Å². The first-order valence-corrected chi connectivity index (χ1v) is 7.47. The molecule has 1 aromatic carbocycles. The molecule has 0 atom stereocenters. The van der Waals surface area contributed by atoms with Gasteiger partial charge in [-0.2, -0.15) is 0 Å². The molecule has 22 heavy (non-hydrogen) atoms. The Balaban J connectivity index is 2.26. The molecule has 2 aromatic rings. The van der Waals surface area contributed by atoms with Crippen LogP contribution < -0.4 is 10.6 Å². The Morgan fingerprint density at radius 3 is 2.64 bits per heavy atom. The summed E-state index contributed by atoms with van der Waals surface area (Å²) in [6.45, 7) is 8.51. The van der Waals surface area contributed by atoms with E-state index in [2.05, 4.69) is 38.8 Å². The number of amides is 1. The number of carbonyl (C=O) groups is 1. The summed E-state index contributed by atoms with van der Waals surface area (Å²) < 4.78 is 0. The van der Waals surface area contributed by atoms with Crippen molar-refractivity contribution in [2.24, 2.45) is 0 Å². The fourth-order valence-corrected chi connectivity index (χ4v) is 2.09. The van der Waals surface area contributed by atoms with Crippen LogP contribution in [0.5, 0.6) is 0 Å². The normalized spacial score (nSPS) is 10.4. The SMILES string of the molecule is CCCNC(=O)c1cc(Nc2cc(C)ccc2C)nc(C)n1. The first-order chi connectivity index (χ1) is 10.5. The Labute approximate surface area is 131 Å². The zero-order valence-corrected chi connectivity index (χ0v) is 13.5. The second-order valence-electron chi connectivity index (χ2n) is 5.38. The van der Waals surface area contributed by atoms with Crippen molar-refractivity contribution in [3.8, 4) is 0 Å². The van der Waals surface area contributed by atoms with Crippen LogP contribution in [0.15, 0.2) is 24.3 Å². The van der Waals surface area contributed by atoms with Crippen LogP contribution in [-0.2, 0) is 0 Å². The molecule has 2 N–H and O–H groups in total. The number of hydrogen-bond acceptors (Lipinski definition) is 4. The van der Waals surface area contributed by atoms with Crippen LogP contribution >= 0.6 is 0 Å². The maximum atomic E-state index is 12.1. The summed E-state index contributed by atoms with van der Waals surface area (Å²) in [5.74, 6) is 1.02. The molecule has 116 valence electrons. The van der Waals surface area contributed by atoms with Crippen molar-refractivity contribution in [2.45, 2.75) is 34.1 Å². The second kappa shape index (κ2) is 7.02. The number of rotatable bonds is 5. The summed E-state index contributed by atoms with van der Waals surface area (Å²) in [6.07, 6.45) is 0.892. The van der Waals surface area contributed by atoms with Gasteiger partial charge in [-0.15, -0.1) is 0 Å².